The summed E-state index contributed by atoms with van der Waals surface area (Å²) in [5.74, 6) is 0.646. The topological polar surface area (TPSA) is 64.1 Å². The zero-order chi connectivity index (χ0) is 19.2. The van der Waals surface area contributed by atoms with E-state index >= 15 is 0 Å². The number of amides is 1. The van der Waals surface area contributed by atoms with Crippen LogP contribution in [0.1, 0.15) is 44.5 Å². The van der Waals surface area contributed by atoms with Crippen LogP contribution in [-0.2, 0) is 25.9 Å². The number of rotatable bonds is 7. The molecule has 0 saturated carbocycles. The Hall–Kier alpha value is -2.73. The first-order chi connectivity index (χ1) is 13.8. The van der Waals surface area contributed by atoms with Gasteiger partial charge in [0.25, 0.3) is 5.91 Å². The Morgan fingerprint density at radius 1 is 1.11 bits per heavy atom. The van der Waals surface area contributed by atoms with Gasteiger partial charge in [-0.25, -0.2) is 4.98 Å². The van der Waals surface area contributed by atoms with E-state index in [1.54, 1.807) is 29.7 Å². The second kappa shape index (κ2) is 8.97. The summed E-state index contributed by atoms with van der Waals surface area (Å²) in [6.07, 6.45) is 7.31. The van der Waals surface area contributed by atoms with Crippen molar-refractivity contribution < 1.29 is 9.53 Å². The first-order valence-electron chi connectivity index (χ1n) is 9.66. The fourth-order valence-electron chi connectivity index (χ4n) is 3.24. The average Bonchev–Trinajstić information content (AvgIpc) is 3.16. The fraction of sp³-hybridized carbons (Fsp3) is 0.318. The van der Waals surface area contributed by atoms with Gasteiger partial charge in [-0.3, -0.25) is 9.78 Å². The van der Waals surface area contributed by atoms with Gasteiger partial charge in [0.15, 0.2) is 0 Å². The third kappa shape index (κ3) is 4.75. The van der Waals surface area contributed by atoms with Crippen LogP contribution in [0, 0.1) is 0 Å². The zero-order valence-electron chi connectivity index (χ0n) is 15.7. The van der Waals surface area contributed by atoms with E-state index in [1.165, 1.54) is 23.4 Å². The van der Waals surface area contributed by atoms with Crippen molar-refractivity contribution >= 4 is 17.2 Å². The predicted molar refractivity (Wildman–Crippen MR) is 110 cm³/mol. The monoisotopic (exact) mass is 393 g/mol. The van der Waals surface area contributed by atoms with Gasteiger partial charge in [-0.15, -0.1) is 11.3 Å². The number of aromatic nitrogens is 2. The van der Waals surface area contributed by atoms with Gasteiger partial charge in [0, 0.05) is 29.6 Å². The number of carbonyl (C=O) groups is 1. The molecule has 0 unspecified atom stereocenters. The van der Waals surface area contributed by atoms with Crippen LogP contribution in [-0.4, -0.2) is 22.4 Å². The summed E-state index contributed by atoms with van der Waals surface area (Å²) in [6.45, 7) is 1.01. The van der Waals surface area contributed by atoms with Crippen LogP contribution < -0.4 is 10.1 Å². The largest absolute Gasteiger partial charge is 0.487 e. The van der Waals surface area contributed by atoms with Gasteiger partial charge in [-0.2, -0.15) is 0 Å². The highest BCUT2D eigenvalue weighted by molar-refractivity contribution is 7.11. The average molecular weight is 394 g/mol. The highest BCUT2D eigenvalue weighted by Gasteiger charge is 2.15. The molecule has 0 spiro atoms. The van der Waals surface area contributed by atoms with Crippen LogP contribution >= 0.6 is 11.3 Å². The molecule has 1 amide bonds. The maximum absolute atomic E-state index is 12.3. The van der Waals surface area contributed by atoms with Gasteiger partial charge in [-0.1, -0.05) is 6.07 Å². The molecular formula is C22H23N3O2S. The van der Waals surface area contributed by atoms with Crippen LogP contribution in [0.5, 0.6) is 5.75 Å². The van der Waals surface area contributed by atoms with E-state index in [0.29, 0.717) is 18.7 Å². The molecular weight excluding hydrogens is 370 g/mol. The maximum atomic E-state index is 12.3. The van der Waals surface area contributed by atoms with Crippen LogP contribution in [0.2, 0.25) is 0 Å². The minimum Gasteiger partial charge on any atom is -0.487 e. The third-order valence-corrected chi connectivity index (χ3v) is 5.96. The lowest BCUT2D eigenvalue weighted by Crippen LogP contribution is -2.25. The molecule has 28 heavy (non-hydrogen) atoms. The van der Waals surface area contributed by atoms with Crippen LogP contribution in [0.3, 0.4) is 0 Å². The number of carbonyl (C=O) groups excluding carboxylic acids is 1. The predicted octanol–water partition coefficient (Wildman–Crippen LogP) is 3.97. The molecule has 1 aliphatic carbocycles. The molecule has 1 aliphatic rings. The number of ether oxygens (including phenoxy) is 1. The Kier molecular flexibility index (Phi) is 5.97. The quantitative estimate of drug-likeness (QED) is 0.660. The molecule has 5 nitrogen and oxygen atoms in total. The molecule has 1 N–H and O–H groups in total. The molecule has 2 aromatic heterocycles. The van der Waals surface area contributed by atoms with Crippen molar-refractivity contribution in [2.24, 2.45) is 0 Å². The summed E-state index contributed by atoms with van der Waals surface area (Å²) in [5, 5.41) is 4.11. The number of benzene rings is 1. The number of nitrogens with zero attached hydrogens (tertiary/aromatic N) is 2. The van der Waals surface area contributed by atoms with Gasteiger partial charge in [-0.05, 0) is 62.1 Å². The summed E-state index contributed by atoms with van der Waals surface area (Å²) in [5.41, 5.74) is 2.77. The number of hydrogen-bond donors (Lipinski definition) is 1. The molecule has 144 valence electrons. The molecule has 0 radical (unpaired) electrons. The minimum absolute atomic E-state index is 0.0717. The molecule has 4 rings (SSSR count). The molecule has 3 aromatic rings. The zero-order valence-corrected chi connectivity index (χ0v) is 16.5. The molecule has 2 heterocycles. The smallest absolute Gasteiger partial charge is 0.251 e. The van der Waals surface area contributed by atoms with Gasteiger partial charge in [0.2, 0.25) is 0 Å². The first-order valence-corrected chi connectivity index (χ1v) is 10.5. The third-order valence-electron chi connectivity index (χ3n) is 4.74. The fourth-order valence-corrected chi connectivity index (χ4v) is 4.40. The second-order valence-electron chi connectivity index (χ2n) is 6.82. The number of fused-ring (bicyclic) bond motifs is 1. The van der Waals surface area contributed by atoms with Crippen molar-refractivity contribution in [1.29, 1.82) is 0 Å². The highest BCUT2D eigenvalue weighted by atomic mass is 32.1. The van der Waals surface area contributed by atoms with Crippen molar-refractivity contribution in [3.05, 3.63) is 75.5 Å². The number of aryl methyl sites for hydroxylation is 2. The Morgan fingerprint density at radius 2 is 1.96 bits per heavy atom. The number of pyridine rings is 1. The summed E-state index contributed by atoms with van der Waals surface area (Å²) < 4.78 is 5.70. The molecule has 1 aromatic carbocycles. The van der Waals surface area contributed by atoms with E-state index in [4.69, 9.17) is 9.72 Å². The lowest BCUT2D eigenvalue weighted by molar-refractivity contribution is 0.0954. The second-order valence-corrected chi connectivity index (χ2v) is 7.99. The van der Waals surface area contributed by atoms with Crippen molar-refractivity contribution in [3.8, 4) is 5.75 Å². The van der Waals surface area contributed by atoms with E-state index in [0.717, 1.165) is 35.7 Å². The Labute approximate surface area is 168 Å². The van der Waals surface area contributed by atoms with Crippen LogP contribution in [0.25, 0.3) is 0 Å². The molecule has 0 bridgehead atoms. The van der Waals surface area contributed by atoms with Gasteiger partial charge < -0.3 is 10.1 Å². The van der Waals surface area contributed by atoms with E-state index in [1.807, 2.05) is 30.3 Å². The van der Waals surface area contributed by atoms with Crippen molar-refractivity contribution in [2.45, 2.75) is 38.7 Å². The Bertz CT molecular complexity index is 899. The van der Waals surface area contributed by atoms with Crippen molar-refractivity contribution in [2.75, 3.05) is 6.54 Å². The SMILES string of the molecule is O=C(NCCc1nc2c(s1)CCCC2)c1ccc(OCc2ccccn2)cc1. The van der Waals surface area contributed by atoms with E-state index < -0.39 is 0 Å². The van der Waals surface area contributed by atoms with E-state index in [9.17, 15) is 4.79 Å². The molecule has 0 saturated heterocycles. The summed E-state index contributed by atoms with van der Waals surface area (Å²) >= 11 is 1.80. The summed E-state index contributed by atoms with van der Waals surface area (Å²) in [7, 11) is 0. The summed E-state index contributed by atoms with van der Waals surface area (Å²) in [6, 6.07) is 12.9. The molecule has 0 fully saturated rings. The first kappa shape index (κ1) is 18.6. The van der Waals surface area contributed by atoms with Gasteiger partial charge >= 0.3 is 0 Å². The lowest BCUT2D eigenvalue weighted by Gasteiger charge is -2.07. The Balaban J connectivity index is 1.24. The minimum atomic E-state index is -0.0717. The standard InChI is InChI=1S/C22H23N3O2S/c26-22(24-14-12-21-25-19-6-1-2-7-20(19)28-21)16-8-10-18(11-9-16)27-15-17-5-3-4-13-23-17/h3-5,8-11,13H,1-2,6-7,12,14-15H2,(H,24,26). The molecule has 0 aliphatic heterocycles. The van der Waals surface area contributed by atoms with Gasteiger partial charge in [0.1, 0.15) is 12.4 Å². The van der Waals surface area contributed by atoms with E-state index in [-0.39, 0.29) is 5.91 Å². The van der Waals surface area contributed by atoms with Crippen molar-refractivity contribution in [3.63, 3.8) is 0 Å². The Morgan fingerprint density at radius 3 is 2.75 bits per heavy atom. The maximum Gasteiger partial charge on any atom is 0.251 e. The highest BCUT2D eigenvalue weighted by Crippen LogP contribution is 2.26. The number of hydrogen-bond acceptors (Lipinski definition) is 5. The van der Waals surface area contributed by atoms with Gasteiger partial charge in [0.05, 0.1) is 16.4 Å². The van der Waals surface area contributed by atoms with E-state index in [2.05, 4.69) is 10.3 Å². The van der Waals surface area contributed by atoms with Crippen molar-refractivity contribution in [1.82, 2.24) is 15.3 Å². The lowest BCUT2D eigenvalue weighted by atomic mass is 10.0. The molecule has 6 heteroatoms. The van der Waals surface area contributed by atoms with Crippen LogP contribution in [0.4, 0.5) is 0 Å². The molecule has 0 atom stereocenters. The normalized spacial score (nSPS) is 13.0. The van der Waals surface area contributed by atoms with Crippen LogP contribution in [0.15, 0.2) is 48.7 Å². The number of thiazole rings is 1. The summed E-state index contributed by atoms with van der Waals surface area (Å²) in [4.78, 5) is 22.7. The number of nitrogens with one attached hydrogen (secondary N) is 1.